The quantitative estimate of drug-likeness (QED) is 0.614. The highest BCUT2D eigenvalue weighted by atomic mass is 35.5. The van der Waals surface area contributed by atoms with Gasteiger partial charge in [-0.2, -0.15) is 0 Å². The molecular formula is C22H19ClN4O5S. The van der Waals surface area contributed by atoms with Crippen molar-refractivity contribution in [1.82, 2.24) is 10.2 Å². The third-order valence-electron chi connectivity index (χ3n) is 5.86. The molecule has 0 saturated carbocycles. The van der Waals surface area contributed by atoms with Crippen LogP contribution in [0.15, 0.2) is 41.3 Å². The monoisotopic (exact) mass is 486 g/mol. The Morgan fingerprint density at radius 2 is 1.97 bits per heavy atom. The number of carbonyl (C=O) groups excluding carboxylic acids is 4. The molecule has 1 fully saturated rings. The summed E-state index contributed by atoms with van der Waals surface area (Å²) in [5, 5.41) is 8.57. The summed E-state index contributed by atoms with van der Waals surface area (Å²) in [6.45, 7) is 0.366. The molecule has 2 aromatic rings. The number of nitrogens with zero attached hydrogens (tertiary/aromatic N) is 1. The van der Waals surface area contributed by atoms with Gasteiger partial charge in [-0.25, -0.2) is 4.79 Å². The third-order valence-corrected chi connectivity index (χ3v) is 7.15. The summed E-state index contributed by atoms with van der Waals surface area (Å²) in [4.78, 5) is 51.3. The van der Waals surface area contributed by atoms with Crippen molar-refractivity contribution in [3.63, 3.8) is 0 Å². The van der Waals surface area contributed by atoms with Gasteiger partial charge in [0.2, 0.25) is 11.8 Å². The van der Waals surface area contributed by atoms with E-state index >= 15 is 0 Å². The first-order valence-corrected chi connectivity index (χ1v) is 11.6. The lowest BCUT2D eigenvalue weighted by Gasteiger charge is -2.35. The second-order valence-electron chi connectivity index (χ2n) is 7.99. The number of carbonyl (C=O) groups is 4. The van der Waals surface area contributed by atoms with Crippen molar-refractivity contribution in [3.8, 4) is 0 Å². The molecule has 1 atom stereocenters. The standard InChI is InChI=1S/C22H19ClN4O5S/c23-13-2-4-15-14(8-13)22(32-21(31)26-15)5-6-27(11-22)19(29)9-24-20(30)12-1-3-16-17(7-12)33-10-18(28)25-16/h1-4,7-8H,5-6,9-11H2,(H,24,30)(H,25,28)(H,26,31). The summed E-state index contributed by atoms with van der Waals surface area (Å²) in [6.07, 6.45) is -0.143. The minimum atomic E-state index is -0.970. The number of thioether (sulfide) groups is 1. The van der Waals surface area contributed by atoms with Gasteiger partial charge in [0.05, 0.1) is 30.2 Å². The van der Waals surface area contributed by atoms with E-state index in [0.29, 0.717) is 40.7 Å². The Balaban J connectivity index is 1.24. The smallest absolute Gasteiger partial charge is 0.412 e. The van der Waals surface area contributed by atoms with E-state index in [9.17, 15) is 19.2 Å². The second kappa shape index (κ2) is 8.27. The van der Waals surface area contributed by atoms with Crippen molar-refractivity contribution in [2.75, 3.05) is 36.0 Å². The molecule has 9 nitrogen and oxygen atoms in total. The molecule has 3 N–H and O–H groups in total. The van der Waals surface area contributed by atoms with E-state index in [-0.39, 0.29) is 30.8 Å². The molecule has 0 aliphatic carbocycles. The van der Waals surface area contributed by atoms with E-state index in [1.807, 2.05) is 0 Å². The van der Waals surface area contributed by atoms with E-state index in [1.54, 1.807) is 41.3 Å². The lowest BCUT2D eigenvalue weighted by Crippen LogP contribution is -2.44. The molecule has 1 unspecified atom stereocenters. The lowest BCUT2D eigenvalue weighted by atomic mass is 9.90. The summed E-state index contributed by atoms with van der Waals surface area (Å²) in [5.41, 5.74) is 1.44. The Hall–Kier alpha value is -3.24. The molecule has 33 heavy (non-hydrogen) atoms. The molecular weight excluding hydrogens is 468 g/mol. The fourth-order valence-corrected chi connectivity index (χ4v) is 5.27. The van der Waals surface area contributed by atoms with Crippen LogP contribution in [0.1, 0.15) is 22.3 Å². The number of halogens is 1. The first-order chi connectivity index (χ1) is 15.8. The molecule has 1 saturated heterocycles. The van der Waals surface area contributed by atoms with Gasteiger partial charge in [-0.05, 0) is 36.4 Å². The molecule has 2 aromatic carbocycles. The van der Waals surface area contributed by atoms with Crippen LogP contribution in [0.2, 0.25) is 5.02 Å². The molecule has 11 heteroatoms. The predicted molar refractivity (Wildman–Crippen MR) is 123 cm³/mol. The van der Waals surface area contributed by atoms with Crippen LogP contribution in [0.3, 0.4) is 0 Å². The molecule has 0 aromatic heterocycles. The number of ether oxygens (including phenoxy) is 1. The summed E-state index contributed by atoms with van der Waals surface area (Å²) >= 11 is 7.51. The summed E-state index contributed by atoms with van der Waals surface area (Å²) in [6, 6.07) is 10.1. The van der Waals surface area contributed by atoms with E-state index in [4.69, 9.17) is 16.3 Å². The minimum absolute atomic E-state index is 0.0806. The molecule has 170 valence electrons. The Morgan fingerprint density at radius 3 is 2.82 bits per heavy atom. The van der Waals surface area contributed by atoms with Gasteiger partial charge in [-0.1, -0.05) is 11.6 Å². The fourth-order valence-electron chi connectivity index (χ4n) is 4.25. The largest absolute Gasteiger partial charge is 0.436 e. The third kappa shape index (κ3) is 4.11. The Labute approximate surface area is 198 Å². The maximum Gasteiger partial charge on any atom is 0.412 e. The highest BCUT2D eigenvalue weighted by Crippen LogP contribution is 2.43. The van der Waals surface area contributed by atoms with Gasteiger partial charge >= 0.3 is 6.09 Å². The van der Waals surface area contributed by atoms with Crippen LogP contribution in [0.5, 0.6) is 0 Å². The molecule has 0 bridgehead atoms. The first-order valence-electron chi connectivity index (χ1n) is 10.3. The number of nitrogens with one attached hydrogen (secondary N) is 3. The highest BCUT2D eigenvalue weighted by molar-refractivity contribution is 8.00. The number of anilines is 2. The molecule has 3 aliphatic rings. The Morgan fingerprint density at radius 1 is 1.15 bits per heavy atom. The summed E-state index contributed by atoms with van der Waals surface area (Å²) in [7, 11) is 0. The van der Waals surface area contributed by atoms with E-state index in [0.717, 1.165) is 10.5 Å². The molecule has 3 aliphatic heterocycles. The summed E-state index contributed by atoms with van der Waals surface area (Å²) in [5.74, 6) is -0.453. The van der Waals surface area contributed by atoms with Crippen LogP contribution in [-0.2, 0) is 19.9 Å². The average Bonchev–Trinajstić information content (AvgIpc) is 3.21. The normalized spacial score (nSPS) is 20.9. The molecule has 0 radical (unpaired) electrons. The number of likely N-dealkylation sites (tertiary alicyclic amines) is 1. The lowest BCUT2D eigenvalue weighted by molar-refractivity contribution is -0.130. The van der Waals surface area contributed by atoms with Crippen LogP contribution in [0.4, 0.5) is 16.2 Å². The second-order valence-corrected chi connectivity index (χ2v) is 9.45. The highest BCUT2D eigenvalue weighted by Gasteiger charge is 2.48. The summed E-state index contributed by atoms with van der Waals surface area (Å²) < 4.78 is 5.63. The van der Waals surface area contributed by atoms with E-state index < -0.39 is 11.7 Å². The zero-order valence-corrected chi connectivity index (χ0v) is 18.8. The van der Waals surface area contributed by atoms with Crippen molar-refractivity contribution in [3.05, 3.63) is 52.5 Å². The number of rotatable bonds is 3. The fraction of sp³-hybridized carbons (Fsp3) is 0.273. The molecule has 4 amide bonds. The van der Waals surface area contributed by atoms with Crippen LogP contribution in [0, 0.1) is 0 Å². The Bertz CT molecular complexity index is 1210. The van der Waals surface area contributed by atoms with E-state index in [2.05, 4.69) is 16.0 Å². The SMILES string of the molecule is O=C1CSc2cc(C(=O)NCC(=O)N3CCC4(C3)OC(=O)Nc3ccc(Cl)cc34)ccc2N1. The topological polar surface area (TPSA) is 117 Å². The van der Waals surface area contributed by atoms with Crippen LogP contribution in [-0.4, -0.2) is 54.1 Å². The van der Waals surface area contributed by atoms with Crippen LogP contribution >= 0.6 is 23.4 Å². The maximum absolute atomic E-state index is 12.8. The van der Waals surface area contributed by atoms with Crippen molar-refractivity contribution in [2.24, 2.45) is 0 Å². The number of fused-ring (bicyclic) bond motifs is 3. The van der Waals surface area contributed by atoms with Gasteiger partial charge in [0.1, 0.15) is 0 Å². The van der Waals surface area contributed by atoms with Crippen molar-refractivity contribution in [1.29, 1.82) is 0 Å². The van der Waals surface area contributed by atoms with Gasteiger partial charge in [0.15, 0.2) is 5.60 Å². The van der Waals surface area contributed by atoms with Crippen LogP contribution < -0.4 is 16.0 Å². The van der Waals surface area contributed by atoms with Gasteiger partial charge in [0, 0.05) is 34.0 Å². The molecule has 3 heterocycles. The maximum atomic E-state index is 12.8. The average molecular weight is 487 g/mol. The Kier molecular flexibility index (Phi) is 5.41. The zero-order chi connectivity index (χ0) is 23.2. The molecule has 1 spiro atoms. The van der Waals surface area contributed by atoms with Crippen molar-refractivity contribution in [2.45, 2.75) is 16.9 Å². The number of hydrogen-bond donors (Lipinski definition) is 3. The van der Waals surface area contributed by atoms with Gasteiger partial charge < -0.3 is 20.3 Å². The zero-order valence-electron chi connectivity index (χ0n) is 17.3. The number of amides is 4. The van der Waals surface area contributed by atoms with E-state index in [1.165, 1.54) is 11.8 Å². The van der Waals surface area contributed by atoms with Gasteiger partial charge in [-0.15, -0.1) is 11.8 Å². The first kappa shape index (κ1) is 21.6. The van der Waals surface area contributed by atoms with Crippen LogP contribution in [0.25, 0.3) is 0 Å². The minimum Gasteiger partial charge on any atom is -0.436 e. The number of hydrogen-bond acceptors (Lipinski definition) is 6. The van der Waals surface area contributed by atoms with Crippen molar-refractivity contribution < 1.29 is 23.9 Å². The van der Waals surface area contributed by atoms with Gasteiger partial charge in [-0.3, -0.25) is 19.7 Å². The number of benzene rings is 2. The predicted octanol–water partition coefficient (Wildman–Crippen LogP) is 2.80. The van der Waals surface area contributed by atoms with Crippen molar-refractivity contribution >= 4 is 58.6 Å². The van der Waals surface area contributed by atoms with Gasteiger partial charge in [0.25, 0.3) is 5.91 Å². The molecule has 5 rings (SSSR count).